The molecular weight excluding hydrogens is 641 g/mol. The third kappa shape index (κ3) is 31.8. The van der Waals surface area contributed by atoms with E-state index in [9.17, 15) is 4.79 Å². The molecule has 0 amide bonds. The van der Waals surface area contributed by atoms with E-state index < -0.39 is 5.97 Å². The predicted molar refractivity (Wildman–Crippen MR) is 226 cm³/mol. The number of carbonyl (C=O) groups is 1. The number of unbranched alkanes of at least 4 members (excludes halogenated alkanes) is 23. The van der Waals surface area contributed by atoms with Crippen LogP contribution < -0.4 is 0 Å². The SMILES string of the molecule is CCCCC/C=C\C/C=C\CCCCCCCCC1(CCCCCCCC/C=C\C/C=C\CCCCC)OCC(CCCCCCCCC(=O)O)O1. The zero-order valence-corrected chi connectivity index (χ0v) is 34.6. The van der Waals surface area contributed by atoms with Crippen LogP contribution in [0.5, 0.6) is 0 Å². The second-order valence-corrected chi connectivity index (χ2v) is 15.7. The maximum atomic E-state index is 10.7. The first kappa shape index (κ1) is 48.4. The number of aliphatic carboxylic acids is 1. The predicted octanol–water partition coefficient (Wildman–Crippen LogP) is 15.7. The van der Waals surface area contributed by atoms with Crippen molar-refractivity contribution in [2.45, 2.75) is 244 Å². The average Bonchev–Trinajstić information content (AvgIpc) is 3.55. The molecule has 0 aromatic heterocycles. The molecule has 52 heavy (non-hydrogen) atoms. The quantitative estimate of drug-likeness (QED) is 0.0506. The molecule has 0 aromatic carbocycles. The molecule has 302 valence electrons. The highest BCUT2D eigenvalue weighted by molar-refractivity contribution is 5.66. The lowest BCUT2D eigenvalue weighted by molar-refractivity contribution is -0.180. The van der Waals surface area contributed by atoms with Crippen molar-refractivity contribution < 1.29 is 19.4 Å². The molecule has 1 atom stereocenters. The van der Waals surface area contributed by atoms with Crippen LogP contribution in [-0.2, 0) is 14.3 Å². The molecule has 0 aliphatic carbocycles. The van der Waals surface area contributed by atoms with Crippen LogP contribution in [0.2, 0.25) is 0 Å². The highest BCUT2D eigenvalue weighted by Gasteiger charge is 2.40. The molecule has 1 saturated heterocycles. The molecule has 0 spiro atoms. The van der Waals surface area contributed by atoms with E-state index in [0.717, 1.165) is 58.0 Å². The first-order valence-electron chi connectivity index (χ1n) is 22.8. The number of hydrogen-bond donors (Lipinski definition) is 1. The Balaban J connectivity index is 2.26. The Morgan fingerprint density at radius 3 is 1.35 bits per heavy atom. The van der Waals surface area contributed by atoms with Gasteiger partial charge >= 0.3 is 5.97 Å². The van der Waals surface area contributed by atoms with Crippen molar-refractivity contribution in [1.29, 1.82) is 0 Å². The maximum absolute atomic E-state index is 10.7. The number of rotatable bonds is 39. The summed E-state index contributed by atoms with van der Waals surface area (Å²) in [5.74, 6) is -1.03. The minimum absolute atomic E-state index is 0.237. The number of carboxylic acids is 1. The second-order valence-electron chi connectivity index (χ2n) is 15.7. The van der Waals surface area contributed by atoms with Gasteiger partial charge in [0.05, 0.1) is 12.7 Å². The standard InChI is InChI=1S/C48H86O4/c1-3-5-7-9-11-13-15-17-19-21-23-25-27-31-35-39-43-48(51-45-46(52-48)41-37-33-29-30-34-38-42-47(49)50)44-40-36-32-28-26-24-22-20-18-16-14-12-10-8-6-4-2/h11-14,17-20,46H,3-10,15-16,21-45H2,1-2H3,(H,49,50)/b13-11-,14-12-,19-17-,20-18-. The molecular formula is C48H86O4. The van der Waals surface area contributed by atoms with Crippen molar-refractivity contribution in [3.05, 3.63) is 48.6 Å². The molecule has 1 aliphatic rings. The van der Waals surface area contributed by atoms with E-state index >= 15 is 0 Å². The summed E-state index contributed by atoms with van der Waals surface area (Å²) < 4.78 is 13.3. The Labute approximate surface area is 323 Å². The van der Waals surface area contributed by atoms with E-state index in [1.54, 1.807) is 0 Å². The largest absolute Gasteiger partial charge is 0.481 e. The highest BCUT2D eigenvalue weighted by Crippen LogP contribution is 2.36. The minimum atomic E-state index is -0.673. The van der Waals surface area contributed by atoms with Gasteiger partial charge in [-0.2, -0.15) is 0 Å². The normalized spacial score (nSPS) is 16.2. The van der Waals surface area contributed by atoms with Gasteiger partial charge in [-0.05, 0) is 89.9 Å². The fraction of sp³-hybridized carbons (Fsp3) is 0.812. The van der Waals surface area contributed by atoms with Crippen LogP contribution in [0.25, 0.3) is 0 Å². The fourth-order valence-electron chi connectivity index (χ4n) is 7.27. The van der Waals surface area contributed by atoms with Gasteiger partial charge < -0.3 is 14.6 Å². The van der Waals surface area contributed by atoms with Crippen molar-refractivity contribution in [2.75, 3.05) is 6.61 Å². The van der Waals surface area contributed by atoms with Gasteiger partial charge in [0.15, 0.2) is 5.79 Å². The molecule has 1 rings (SSSR count). The monoisotopic (exact) mass is 727 g/mol. The minimum Gasteiger partial charge on any atom is -0.481 e. The third-order valence-corrected chi connectivity index (χ3v) is 10.6. The van der Waals surface area contributed by atoms with Gasteiger partial charge in [-0.1, -0.05) is 172 Å². The summed E-state index contributed by atoms with van der Waals surface area (Å²) in [4.78, 5) is 10.7. The molecule has 4 heteroatoms. The Bertz CT molecular complexity index is 839. The van der Waals surface area contributed by atoms with Gasteiger partial charge in [0, 0.05) is 19.3 Å². The van der Waals surface area contributed by atoms with Crippen LogP contribution in [0, 0.1) is 0 Å². The second kappa shape index (κ2) is 37.7. The summed E-state index contributed by atoms with van der Waals surface area (Å²) in [6.07, 6.45) is 59.7. The molecule has 1 aliphatic heterocycles. The summed E-state index contributed by atoms with van der Waals surface area (Å²) in [6, 6.07) is 0. The Kier molecular flexibility index (Phi) is 35.0. The number of carboxylic acid groups (broad SMARTS) is 1. The topological polar surface area (TPSA) is 55.8 Å². The zero-order valence-electron chi connectivity index (χ0n) is 34.6. The van der Waals surface area contributed by atoms with Crippen molar-refractivity contribution in [2.24, 2.45) is 0 Å². The van der Waals surface area contributed by atoms with Crippen LogP contribution in [-0.4, -0.2) is 29.6 Å². The van der Waals surface area contributed by atoms with Crippen LogP contribution in [0.1, 0.15) is 232 Å². The first-order chi connectivity index (χ1) is 25.6. The van der Waals surface area contributed by atoms with Gasteiger partial charge in [0.1, 0.15) is 0 Å². The summed E-state index contributed by atoms with van der Waals surface area (Å²) >= 11 is 0. The van der Waals surface area contributed by atoms with E-state index in [2.05, 4.69) is 62.5 Å². The molecule has 4 nitrogen and oxygen atoms in total. The molecule has 1 heterocycles. The lowest BCUT2D eigenvalue weighted by atomic mass is 9.98. The van der Waals surface area contributed by atoms with Crippen molar-refractivity contribution >= 4 is 5.97 Å². The number of ether oxygens (including phenoxy) is 2. The summed E-state index contributed by atoms with van der Waals surface area (Å²) in [6.45, 7) is 5.28. The lowest BCUT2D eigenvalue weighted by Crippen LogP contribution is -2.31. The fourth-order valence-corrected chi connectivity index (χ4v) is 7.27. The maximum Gasteiger partial charge on any atom is 0.303 e. The average molecular weight is 727 g/mol. The first-order valence-corrected chi connectivity index (χ1v) is 22.8. The van der Waals surface area contributed by atoms with Crippen molar-refractivity contribution in [1.82, 2.24) is 0 Å². The Morgan fingerprint density at radius 2 is 0.904 bits per heavy atom. The Morgan fingerprint density at radius 1 is 0.519 bits per heavy atom. The van der Waals surface area contributed by atoms with E-state index in [4.69, 9.17) is 14.6 Å². The van der Waals surface area contributed by atoms with Crippen LogP contribution >= 0.6 is 0 Å². The van der Waals surface area contributed by atoms with E-state index in [1.165, 1.54) is 161 Å². The van der Waals surface area contributed by atoms with Gasteiger partial charge in [-0.15, -0.1) is 0 Å². The smallest absolute Gasteiger partial charge is 0.303 e. The summed E-state index contributed by atoms with van der Waals surface area (Å²) in [7, 11) is 0. The molecule has 1 N–H and O–H groups in total. The lowest BCUT2D eigenvalue weighted by Gasteiger charge is -2.28. The van der Waals surface area contributed by atoms with Crippen LogP contribution in [0.3, 0.4) is 0 Å². The van der Waals surface area contributed by atoms with Gasteiger partial charge in [-0.3, -0.25) is 4.79 Å². The summed E-state index contributed by atoms with van der Waals surface area (Å²) in [5.41, 5.74) is 0. The molecule has 1 unspecified atom stereocenters. The van der Waals surface area contributed by atoms with E-state index in [0.29, 0.717) is 6.42 Å². The van der Waals surface area contributed by atoms with Gasteiger partial charge in [-0.25, -0.2) is 0 Å². The third-order valence-electron chi connectivity index (χ3n) is 10.6. The van der Waals surface area contributed by atoms with E-state index in [1.807, 2.05) is 0 Å². The number of allylic oxidation sites excluding steroid dienone is 8. The van der Waals surface area contributed by atoms with E-state index in [-0.39, 0.29) is 11.9 Å². The van der Waals surface area contributed by atoms with Crippen LogP contribution in [0.4, 0.5) is 0 Å². The van der Waals surface area contributed by atoms with Crippen molar-refractivity contribution in [3.63, 3.8) is 0 Å². The molecule has 0 aromatic rings. The molecule has 0 radical (unpaired) electrons. The molecule has 0 saturated carbocycles. The molecule has 1 fully saturated rings. The van der Waals surface area contributed by atoms with Crippen molar-refractivity contribution in [3.8, 4) is 0 Å². The zero-order chi connectivity index (χ0) is 37.5. The number of hydrogen-bond acceptors (Lipinski definition) is 3. The summed E-state index contributed by atoms with van der Waals surface area (Å²) in [5, 5.41) is 8.82. The Hall–Kier alpha value is -1.65. The van der Waals surface area contributed by atoms with Gasteiger partial charge in [0.25, 0.3) is 0 Å². The highest BCUT2D eigenvalue weighted by atomic mass is 16.7. The van der Waals surface area contributed by atoms with Crippen LogP contribution in [0.15, 0.2) is 48.6 Å². The van der Waals surface area contributed by atoms with Gasteiger partial charge in [0.2, 0.25) is 0 Å². The molecule has 0 bridgehead atoms.